The molecule has 1 aliphatic rings. The Morgan fingerprint density at radius 2 is 1.93 bits per heavy atom. The van der Waals surface area contributed by atoms with Crippen LogP contribution in [-0.2, 0) is 14.3 Å². The predicted octanol–water partition coefficient (Wildman–Crippen LogP) is 2.79. The Bertz CT molecular complexity index is 869. The van der Waals surface area contributed by atoms with E-state index in [1.807, 2.05) is 39.0 Å². The van der Waals surface area contributed by atoms with Crippen molar-refractivity contribution in [3.63, 3.8) is 0 Å². The van der Waals surface area contributed by atoms with E-state index >= 15 is 0 Å². The number of esters is 1. The fourth-order valence-electron chi connectivity index (χ4n) is 3.71. The number of carbonyl (C=O) groups is 2. The summed E-state index contributed by atoms with van der Waals surface area (Å²) < 4.78 is 16.4. The lowest BCUT2D eigenvalue weighted by atomic mass is 10.2. The second-order valence-corrected chi connectivity index (χ2v) is 7.24. The maximum Gasteiger partial charge on any atom is 0.356 e. The van der Waals surface area contributed by atoms with Gasteiger partial charge in [-0.3, -0.25) is 9.69 Å². The summed E-state index contributed by atoms with van der Waals surface area (Å²) in [5.41, 5.74) is 1.37. The molecule has 1 aromatic heterocycles. The highest BCUT2D eigenvalue weighted by atomic mass is 16.5. The topological polar surface area (TPSA) is 92.9 Å². The van der Waals surface area contributed by atoms with Gasteiger partial charge in [0.25, 0.3) is 0 Å². The number of amides is 1. The van der Waals surface area contributed by atoms with Crippen LogP contribution in [0.25, 0.3) is 10.9 Å². The molecular weight excluding hydrogens is 374 g/mol. The van der Waals surface area contributed by atoms with Crippen molar-refractivity contribution in [3.8, 4) is 5.75 Å². The normalized spacial score (nSPS) is 19.9. The molecule has 1 aromatic carbocycles. The second kappa shape index (κ2) is 9.28. The zero-order valence-electron chi connectivity index (χ0n) is 17.4. The fourth-order valence-corrected chi connectivity index (χ4v) is 3.71. The number of fused-ring (bicyclic) bond motifs is 1. The monoisotopic (exact) mass is 403 g/mol. The van der Waals surface area contributed by atoms with Crippen LogP contribution in [0.2, 0.25) is 0 Å². The second-order valence-electron chi connectivity index (χ2n) is 7.24. The third-order valence-corrected chi connectivity index (χ3v) is 4.69. The highest BCUT2D eigenvalue weighted by Gasteiger charge is 2.26. The highest BCUT2D eigenvalue weighted by Crippen LogP contribution is 2.31. The summed E-state index contributed by atoms with van der Waals surface area (Å²) >= 11 is 0. The number of nitrogens with zero attached hydrogens (tertiary/aromatic N) is 1. The molecule has 8 heteroatoms. The number of carbonyl (C=O) groups excluding carboxylic acids is 2. The molecule has 2 aromatic rings. The van der Waals surface area contributed by atoms with E-state index in [4.69, 9.17) is 14.2 Å². The summed E-state index contributed by atoms with van der Waals surface area (Å²) in [5, 5.41) is 3.61. The van der Waals surface area contributed by atoms with Gasteiger partial charge in [-0.2, -0.15) is 0 Å². The molecule has 0 unspecified atom stereocenters. The van der Waals surface area contributed by atoms with Crippen molar-refractivity contribution < 1.29 is 23.8 Å². The minimum absolute atomic E-state index is 0.0727. The van der Waals surface area contributed by atoms with Crippen molar-refractivity contribution in [3.05, 3.63) is 23.9 Å². The van der Waals surface area contributed by atoms with Gasteiger partial charge in [0, 0.05) is 24.0 Å². The molecule has 2 N–H and O–H groups in total. The molecule has 8 nitrogen and oxygen atoms in total. The summed E-state index contributed by atoms with van der Waals surface area (Å²) in [5.74, 6) is -0.0362. The molecule has 0 aliphatic carbocycles. The molecule has 2 atom stereocenters. The van der Waals surface area contributed by atoms with E-state index in [0.29, 0.717) is 36.5 Å². The number of nitrogens with one attached hydrogen (secondary N) is 2. The Balaban J connectivity index is 1.86. The average Bonchev–Trinajstić information content (AvgIpc) is 2.99. The first-order chi connectivity index (χ1) is 13.9. The Labute approximate surface area is 170 Å². The van der Waals surface area contributed by atoms with Crippen molar-refractivity contribution >= 4 is 28.5 Å². The van der Waals surface area contributed by atoms with Crippen molar-refractivity contribution in [1.29, 1.82) is 0 Å². The molecule has 1 saturated heterocycles. The smallest absolute Gasteiger partial charge is 0.356 e. The molecule has 1 aliphatic heterocycles. The Morgan fingerprint density at radius 1 is 1.21 bits per heavy atom. The van der Waals surface area contributed by atoms with Gasteiger partial charge >= 0.3 is 5.97 Å². The number of anilines is 1. The summed E-state index contributed by atoms with van der Waals surface area (Å²) in [6.45, 7) is 9.99. The van der Waals surface area contributed by atoms with Crippen LogP contribution in [0.4, 0.5) is 5.69 Å². The first-order valence-electron chi connectivity index (χ1n) is 10.0. The molecule has 0 radical (unpaired) electrons. The van der Waals surface area contributed by atoms with Crippen LogP contribution in [0.1, 0.15) is 38.2 Å². The van der Waals surface area contributed by atoms with Crippen molar-refractivity contribution in [2.75, 3.05) is 38.2 Å². The maximum absolute atomic E-state index is 12.8. The molecule has 2 heterocycles. The van der Waals surface area contributed by atoms with E-state index in [-0.39, 0.29) is 37.0 Å². The number of hydrogen-bond acceptors (Lipinski definition) is 6. The number of aromatic nitrogens is 1. The molecule has 3 rings (SSSR count). The lowest BCUT2D eigenvalue weighted by molar-refractivity contribution is -0.121. The SMILES string of the molecule is CCOC(=O)c1[nH]c2ccc(OCC)cc2c1NC(=O)CN1C[C@@H](C)O[C@H](C)C1. The Kier molecular flexibility index (Phi) is 6.76. The minimum Gasteiger partial charge on any atom is -0.494 e. The van der Waals surface area contributed by atoms with Gasteiger partial charge in [0.1, 0.15) is 11.4 Å². The lowest BCUT2D eigenvalue weighted by Gasteiger charge is -2.34. The number of morpholine rings is 1. The highest BCUT2D eigenvalue weighted by molar-refractivity contribution is 6.11. The Morgan fingerprint density at radius 3 is 2.59 bits per heavy atom. The zero-order valence-corrected chi connectivity index (χ0v) is 17.4. The molecule has 0 bridgehead atoms. The van der Waals surface area contributed by atoms with Crippen molar-refractivity contribution in [2.45, 2.75) is 39.9 Å². The largest absolute Gasteiger partial charge is 0.494 e. The van der Waals surface area contributed by atoms with Crippen LogP contribution < -0.4 is 10.1 Å². The van der Waals surface area contributed by atoms with E-state index in [1.54, 1.807) is 6.92 Å². The number of rotatable bonds is 7. The first kappa shape index (κ1) is 21.1. The summed E-state index contributed by atoms with van der Waals surface area (Å²) in [6.07, 6.45) is 0.145. The molecule has 158 valence electrons. The van der Waals surface area contributed by atoms with E-state index in [0.717, 1.165) is 5.52 Å². The van der Waals surface area contributed by atoms with E-state index in [2.05, 4.69) is 15.2 Å². The number of hydrogen-bond donors (Lipinski definition) is 2. The number of ether oxygens (including phenoxy) is 3. The third-order valence-electron chi connectivity index (χ3n) is 4.69. The first-order valence-corrected chi connectivity index (χ1v) is 10.0. The third kappa shape index (κ3) is 5.07. The number of H-pyrrole nitrogens is 1. The number of aromatic amines is 1. The van der Waals surface area contributed by atoms with Crippen LogP contribution in [0, 0.1) is 0 Å². The van der Waals surface area contributed by atoms with E-state index < -0.39 is 5.97 Å². The van der Waals surface area contributed by atoms with E-state index in [9.17, 15) is 9.59 Å². The maximum atomic E-state index is 12.8. The van der Waals surface area contributed by atoms with Crippen LogP contribution in [-0.4, -0.2) is 66.8 Å². The minimum atomic E-state index is -0.509. The van der Waals surface area contributed by atoms with Gasteiger partial charge < -0.3 is 24.5 Å². The van der Waals surface area contributed by atoms with Gasteiger partial charge in [-0.25, -0.2) is 4.79 Å². The predicted molar refractivity (Wildman–Crippen MR) is 111 cm³/mol. The fraction of sp³-hybridized carbons (Fsp3) is 0.524. The van der Waals surface area contributed by atoms with Gasteiger partial charge in [-0.05, 0) is 45.9 Å². The molecule has 1 fully saturated rings. The lowest BCUT2D eigenvalue weighted by Crippen LogP contribution is -2.48. The average molecular weight is 403 g/mol. The van der Waals surface area contributed by atoms with Gasteiger partial charge in [-0.1, -0.05) is 0 Å². The molecular formula is C21H29N3O5. The van der Waals surface area contributed by atoms with Gasteiger partial charge in [0.2, 0.25) is 5.91 Å². The van der Waals surface area contributed by atoms with Gasteiger partial charge in [0.05, 0.1) is 37.7 Å². The number of benzene rings is 1. The molecule has 0 saturated carbocycles. The van der Waals surface area contributed by atoms with Crippen LogP contribution in [0.15, 0.2) is 18.2 Å². The molecule has 29 heavy (non-hydrogen) atoms. The van der Waals surface area contributed by atoms with E-state index in [1.165, 1.54) is 0 Å². The van der Waals surface area contributed by atoms with Crippen molar-refractivity contribution in [2.24, 2.45) is 0 Å². The van der Waals surface area contributed by atoms with Gasteiger partial charge in [0.15, 0.2) is 0 Å². The van der Waals surface area contributed by atoms with Crippen molar-refractivity contribution in [1.82, 2.24) is 9.88 Å². The summed E-state index contributed by atoms with van der Waals surface area (Å²) in [4.78, 5) is 30.3. The molecule has 0 spiro atoms. The van der Waals surface area contributed by atoms with Crippen LogP contribution in [0.5, 0.6) is 5.75 Å². The Hall–Kier alpha value is -2.58. The summed E-state index contributed by atoms with van der Waals surface area (Å²) in [6, 6.07) is 5.45. The standard InChI is InChI=1S/C21H29N3O5/c1-5-27-15-7-8-17-16(9-15)19(20(22-17)21(26)28-6-2)23-18(25)12-24-10-13(3)29-14(4)11-24/h7-9,13-14,22H,5-6,10-12H2,1-4H3,(H,23,25)/t13-,14-/m1/s1. The molecule has 1 amide bonds. The zero-order chi connectivity index (χ0) is 21.0. The van der Waals surface area contributed by atoms with Gasteiger partial charge in [-0.15, -0.1) is 0 Å². The van der Waals surface area contributed by atoms with Crippen LogP contribution >= 0.6 is 0 Å². The summed E-state index contributed by atoms with van der Waals surface area (Å²) in [7, 11) is 0. The van der Waals surface area contributed by atoms with Crippen LogP contribution in [0.3, 0.4) is 0 Å². The quantitative estimate of drug-likeness (QED) is 0.691.